The molecule has 0 spiro atoms. The lowest BCUT2D eigenvalue weighted by molar-refractivity contribution is -0.387. The van der Waals surface area contributed by atoms with Crippen molar-refractivity contribution in [1.29, 1.82) is 0 Å². The molecule has 1 unspecified atom stereocenters. The summed E-state index contributed by atoms with van der Waals surface area (Å²) in [5.74, 6) is -5.31. The van der Waals surface area contributed by atoms with E-state index in [1.807, 2.05) is 5.32 Å². The van der Waals surface area contributed by atoms with E-state index >= 15 is 0 Å². The van der Waals surface area contributed by atoms with Crippen LogP contribution in [0.25, 0.3) is 0 Å². The van der Waals surface area contributed by atoms with Crippen LogP contribution >= 0.6 is 0 Å². The lowest BCUT2D eigenvalue weighted by Gasteiger charge is -2.12. The minimum Gasteiger partial charge on any atom is -0.480 e. The fourth-order valence-corrected chi connectivity index (χ4v) is 1.47. The van der Waals surface area contributed by atoms with Gasteiger partial charge in [0.25, 0.3) is 5.91 Å². The van der Waals surface area contributed by atoms with E-state index in [-0.39, 0.29) is 12.5 Å². The monoisotopic (exact) mass is 300 g/mol. The summed E-state index contributed by atoms with van der Waals surface area (Å²) in [5, 5.41) is 21.2. The third kappa shape index (κ3) is 3.81. The molecule has 0 radical (unpaired) electrons. The fraction of sp³-hybridized carbons (Fsp3) is 0.167. The highest BCUT2D eigenvalue weighted by Gasteiger charge is 2.25. The molecule has 0 aliphatic heterocycles. The Balaban J connectivity index is 3.08. The Morgan fingerprint density at radius 2 is 2.05 bits per heavy atom. The van der Waals surface area contributed by atoms with Gasteiger partial charge in [0.2, 0.25) is 5.82 Å². The summed E-state index contributed by atoms with van der Waals surface area (Å²) in [6, 6.07) is -0.768. The molecule has 2 N–H and O–H groups in total. The number of nitro benzene ring substituents is 1. The summed E-state index contributed by atoms with van der Waals surface area (Å²) < 4.78 is 26.9. The number of carbonyl (C=O) groups excluding carboxylic acids is 1. The summed E-state index contributed by atoms with van der Waals surface area (Å²) in [4.78, 5) is 31.8. The summed E-state index contributed by atoms with van der Waals surface area (Å²) in [7, 11) is 0. The van der Waals surface area contributed by atoms with Crippen LogP contribution in [-0.2, 0) is 4.79 Å². The molecule has 0 aliphatic carbocycles. The second-order valence-electron chi connectivity index (χ2n) is 3.93. The van der Waals surface area contributed by atoms with E-state index in [1.54, 1.807) is 0 Å². The van der Waals surface area contributed by atoms with E-state index in [4.69, 9.17) is 5.11 Å². The third-order valence-electron chi connectivity index (χ3n) is 2.48. The second-order valence-corrected chi connectivity index (χ2v) is 3.93. The van der Waals surface area contributed by atoms with Crippen LogP contribution in [0.5, 0.6) is 0 Å². The molecule has 0 aliphatic rings. The molecule has 1 amide bonds. The molecule has 112 valence electrons. The summed E-state index contributed by atoms with van der Waals surface area (Å²) >= 11 is 0. The van der Waals surface area contributed by atoms with Gasteiger partial charge in [0.15, 0.2) is 0 Å². The van der Waals surface area contributed by atoms with Gasteiger partial charge in [-0.25, -0.2) is 9.18 Å². The van der Waals surface area contributed by atoms with E-state index in [2.05, 4.69) is 6.58 Å². The van der Waals surface area contributed by atoms with Crippen LogP contribution in [0, 0.1) is 21.7 Å². The molecule has 1 aromatic rings. The van der Waals surface area contributed by atoms with Gasteiger partial charge in [0, 0.05) is 0 Å². The molecule has 7 nitrogen and oxygen atoms in total. The minimum atomic E-state index is -1.40. The highest BCUT2D eigenvalue weighted by atomic mass is 19.1. The van der Waals surface area contributed by atoms with Crippen molar-refractivity contribution in [2.45, 2.75) is 12.5 Å². The first kappa shape index (κ1) is 16.2. The highest BCUT2D eigenvalue weighted by Crippen LogP contribution is 2.21. The lowest BCUT2D eigenvalue weighted by atomic mass is 10.1. The number of nitrogens with zero attached hydrogens (tertiary/aromatic N) is 1. The Morgan fingerprint density at radius 3 is 2.52 bits per heavy atom. The first-order chi connectivity index (χ1) is 9.77. The Kier molecular flexibility index (Phi) is 5.06. The van der Waals surface area contributed by atoms with Crippen molar-refractivity contribution in [2.75, 3.05) is 0 Å². The number of rotatable bonds is 6. The molecular formula is C12H10F2N2O5. The second kappa shape index (κ2) is 6.55. The number of amides is 1. The summed E-state index contributed by atoms with van der Waals surface area (Å²) in [5.41, 5.74) is -1.95. The van der Waals surface area contributed by atoms with Gasteiger partial charge in [0.05, 0.1) is 16.6 Å². The van der Waals surface area contributed by atoms with Crippen LogP contribution in [0.3, 0.4) is 0 Å². The zero-order valence-electron chi connectivity index (χ0n) is 10.5. The highest BCUT2D eigenvalue weighted by molar-refractivity contribution is 5.97. The number of nitrogens with one attached hydrogen (secondary N) is 1. The molecule has 0 bridgehead atoms. The Labute approximate surface area is 117 Å². The van der Waals surface area contributed by atoms with E-state index < -0.39 is 45.7 Å². The van der Waals surface area contributed by atoms with Crippen molar-refractivity contribution >= 4 is 17.6 Å². The molecule has 0 fully saturated rings. The van der Waals surface area contributed by atoms with Crippen molar-refractivity contribution in [1.82, 2.24) is 5.32 Å². The van der Waals surface area contributed by atoms with Crippen LogP contribution in [0.15, 0.2) is 24.8 Å². The molecule has 1 aromatic carbocycles. The number of halogens is 2. The van der Waals surface area contributed by atoms with Gasteiger partial charge in [0.1, 0.15) is 11.9 Å². The minimum absolute atomic E-state index is 0.127. The molecule has 0 saturated heterocycles. The fourth-order valence-electron chi connectivity index (χ4n) is 1.47. The summed E-state index contributed by atoms with van der Waals surface area (Å²) in [6.45, 7) is 3.30. The van der Waals surface area contributed by atoms with Crippen molar-refractivity contribution in [2.24, 2.45) is 0 Å². The number of aliphatic carboxylic acids is 1. The number of carbonyl (C=O) groups is 2. The SMILES string of the molecule is C=CCC(NC(=O)c1cc(F)c([N+](=O)[O-])cc1F)C(=O)O. The molecular weight excluding hydrogens is 290 g/mol. The maximum absolute atomic E-state index is 13.6. The molecule has 1 rings (SSSR count). The van der Waals surface area contributed by atoms with Crippen molar-refractivity contribution in [3.8, 4) is 0 Å². The number of carboxylic acid groups (broad SMARTS) is 1. The standard InChI is InChI=1S/C12H10F2N2O5/c1-2-3-9(12(18)19)15-11(17)6-4-8(14)10(16(20)21)5-7(6)13/h2,4-5,9H,1,3H2,(H,15,17)(H,18,19). The van der Waals surface area contributed by atoms with Crippen LogP contribution in [0.4, 0.5) is 14.5 Å². The number of hydrogen-bond donors (Lipinski definition) is 2. The zero-order valence-corrected chi connectivity index (χ0v) is 10.5. The van der Waals surface area contributed by atoms with Gasteiger partial charge >= 0.3 is 11.7 Å². The van der Waals surface area contributed by atoms with Crippen LogP contribution in [-0.4, -0.2) is 27.9 Å². The summed E-state index contributed by atoms with van der Waals surface area (Å²) in [6.07, 6.45) is 1.10. The van der Waals surface area contributed by atoms with Crippen LogP contribution < -0.4 is 5.32 Å². The smallest absolute Gasteiger partial charge is 0.326 e. The van der Waals surface area contributed by atoms with Crippen molar-refractivity contribution in [3.63, 3.8) is 0 Å². The number of hydrogen-bond acceptors (Lipinski definition) is 4. The molecule has 1 atom stereocenters. The molecule has 21 heavy (non-hydrogen) atoms. The van der Waals surface area contributed by atoms with Gasteiger partial charge in [-0.2, -0.15) is 4.39 Å². The topological polar surface area (TPSA) is 110 Å². The number of carboxylic acids is 1. The van der Waals surface area contributed by atoms with Gasteiger partial charge in [-0.1, -0.05) is 6.08 Å². The predicted molar refractivity (Wildman–Crippen MR) is 66.7 cm³/mol. The van der Waals surface area contributed by atoms with E-state index in [0.717, 1.165) is 0 Å². The van der Waals surface area contributed by atoms with Crippen LogP contribution in [0.1, 0.15) is 16.8 Å². The van der Waals surface area contributed by atoms with Crippen molar-refractivity contribution < 1.29 is 28.4 Å². The maximum atomic E-state index is 13.6. The normalized spacial score (nSPS) is 11.5. The quantitative estimate of drug-likeness (QED) is 0.471. The molecule has 0 saturated carbocycles. The first-order valence-corrected chi connectivity index (χ1v) is 5.56. The van der Waals surface area contributed by atoms with E-state index in [0.29, 0.717) is 6.07 Å². The number of nitro groups is 1. The van der Waals surface area contributed by atoms with Gasteiger partial charge in [-0.15, -0.1) is 6.58 Å². The number of benzene rings is 1. The Bertz CT molecular complexity index is 618. The van der Waals surface area contributed by atoms with Gasteiger partial charge in [-0.05, 0) is 12.5 Å². The first-order valence-electron chi connectivity index (χ1n) is 5.56. The predicted octanol–water partition coefficient (Wildman–Crippen LogP) is 1.63. The van der Waals surface area contributed by atoms with E-state index in [9.17, 15) is 28.5 Å². The Morgan fingerprint density at radius 1 is 1.43 bits per heavy atom. The van der Waals surface area contributed by atoms with Gasteiger partial charge < -0.3 is 10.4 Å². The molecule has 0 heterocycles. The molecule has 9 heteroatoms. The maximum Gasteiger partial charge on any atom is 0.326 e. The largest absolute Gasteiger partial charge is 0.480 e. The van der Waals surface area contributed by atoms with Crippen molar-refractivity contribution in [3.05, 3.63) is 52.1 Å². The van der Waals surface area contributed by atoms with E-state index in [1.165, 1.54) is 6.08 Å². The average molecular weight is 300 g/mol. The van der Waals surface area contributed by atoms with Crippen LogP contribution in [0.2, 0.25) is 0 Å². The third-order valence-corrected chi connectivity index (χ3v) is 2.48. The average Bonchev–Trinajstić information content (AvgIpc) is 2.39. The molecule has 0 aromatic heterocycles. The van der Waals surface area contributed by atoms with Gasteiger partial charge in [-0.3, -0.25) is 14.9 Å². The zero-order chi connectivity index (χ0) is 16.2. The Hall–Kier alpha value is -2.84. The lowest BCUT2D eigenvalue weighted by Crippen LogP contribution is -2.40.